The molecule has 0 saturated carbocycles. The fourth-order valence-electron chi connectivity index (χ4n) is 4.64. The van der Waals surface area contributed by atoms with E-state index < -0.39 is 5.41 Å². The summed E-state index contributed by atoms with van der Waals surface area (Å²) >= 11 is 0. The van der Waals surface area contributed by atoms with E-state index >= 15 is 0 Å². The van der Waals surface area contributed by atoms with E-state index in [0.717, 1.165) is 30.8 Å². The van der Waals surface area contributed by atoms with Crippen LogP contribution < -0.4 is 0 Å². The smallest absolute Gasteiger partial charge is 0.229 e. The van der Waals surface area contributed by atoms with Gasteiger partial charge in [-0.15, -0.1) is 10.2 Å². The first-order valence-corrected chi connectivity index (χ1v) is 10.0. The second-order valence-electron chi connectivity index (χ2n) is 8.09. The molecule has 2 fully saturated rings. The Labute approximate surface area is 164 Å². The van der Waals surface area contributed by atoms with Crippen LogP contribution in [0.1, 0.15) is 43.0 Å². The SMILES string of the molecule is Cn1cnnc1C1CCCN(C(=O)C2(Cc3cccc(F)c3)CCOCC2)C1. The third kappa shape index (κ3) is 3.81. The molecule has 3 heterocycles. The normalized spacial score (nSPS) is 22.2. The molecule has 0 bridgehead atoms. The van der Waals surface area contributed by atoms with E-state index in [9.17, 15) is 9.18 Å². The third-order valence-electron chi connectivity index (χ3n) is 6.16. The summed E-state index contributed by atoms with van der Waals surface area (Å²) in [4.78, 5) is 15.7. The van der Waals surface area contributed by atoms with Crippen LogP contribution in [0.3, 0.4) is 0 Å². The van der Waals surface area contributed by atoms with Crippen molar-refractivity contribution >= 4 is 5.91 Å². The maximum absolute atomic E-state index is 13.7. The van der Waals surface area contributed by atoms with Crippen molar-refractivity contribution in [2.24, 2.45) is 12.5 Å². The predicted octanol–water partition coefficient (Wildman–Crippen LogP) is 2.70. The Kier molecular flexibility index (Phi) is 5.44. The Morgan fingerprint density at radius 3 is 2.89 bits per heavy atom. The Morgan fingerprint density at radius 2 is 2.18 bits per heavy atom. The number of aromatic nitrogens is 3. The number of piperidine rings is 1. The van der Waals surface area contributed by atoms with Crippen molar-refractivity contribution in [1.29, 1.82) is 0 Å². The molecule has 1 aromatic heterocycles. The maximum atomic E-state index is 13.7. The molecule has 1 aromatic carbocycles. The summed E-state index contributed by atoms with van der Waals surface area (Å²) in [5, 5.41) is 8.25. The molecule has 1 unspecified atom stereocenters. The molecular weight excluding hydrogens is 359 g/mol. The van der Waals surface area contributed by atoms with E-state index in [2.05, 4.69) is 10.2 Å². The number of carbonyl (C=O) groups is 1. The molecule has 2 aliphatic rings. The number of rotatable bonds is 4. The van der Waals surface area contributed by atoms with Crippen LogP contribution in [-0.4, -0.2) is 51.9 Å². The molecule has 2 aromatic rings. The summed E-state index contributed by atoms with van der Waals surface area (Å²) in [5.74, 6) is 1.05. The van der Waals surface area contributed by atoms with E-state index in [-0.39, 0.29) is 17.6 Å². The molecule has 2 saturated heterocycles. The zero-order valence-electron chi connectivity index (χ0n) is 16.3. The van der Waals surface area contributed by atoms with Gasteiger partial charge in [0.05, 0.1) is 5.41 Å². The monoisotopic (exact) mass is 386 g/mol. The molecule has 0 N–H and O–H groups in total. The summed E-state index contributed by atoms with van der Waals surface area (Å²) in [6.07, 6.45) is 5.57. The van der Waals surface area contributed by atoms with Gasteiger partial charge in [0.15, 0.2) is 0 Å². The number of hydrogen-bond acceptors (Lipinski definition) is 4. The highest BCUT2D eigenvalue weighted by atomic mass is 19.1. The lowest BCUT2D eigenvalue weighted by Crippen LogP contribution is -2.51. The van der Waals surface area contributed by atoms with E-state index in [1.807, 2.05) is 22.6 Å². The molecule has 0 spiro atoms. The number of likely N-dealkylation sites (tertiary alicyclic amines) is 1. The maximum Gasteiger partial charge on any atom is 0.229 e. The summed E-state index contributed by atoms with van der Waals surface area (Å²) in [5.41, 5.74) is 0.352. The lowest BCUT2D eigenvalue weighted by atomic mass is 9.73. The Morgan fingerprint density at radius 1 is 1.36 bits per heavy atom. The average molecular weight is 386 g/mol. The van der Waals surface area contributed by atoms with Gasteiger partial charge in [0.25, 0.3) is 0 Å². The first-order valence-electron chi connectivity index (χ1n) is 10.0. The van der Waals surface area contributed by atoms with Gasteiger partial charge in [-0.1, -0.05) is 12.1 Å². The van der Waals surface area contributed by atoms with Gasteiger partial charge in [-0.25, -0.2) is 4.39 Å². The lowest BCUT2D eigenvalue weighted by Gasteiger charge is -2.42. The standard InChI is InChI=1S/C21H27FN4O2/c1-25-15-23-24-19(25)17-5-3-9-26(14-17)20(27)21(7-10-28-11-8-21)13-16-4-2-6-18(22)12-16/h2,4,6,12,15,17H,3,5,7-11,13-14H2,1H3. The van der Waals surface area contributed by atoms with Gasteiger partial charge in [-0.2, -0.15) is 0 Å². The number of hydrogen-bond donors (Lipinski definition) is 0. The van der Waals surface area contributed by atoms with Crippen LogP contribution in [0.4, 0.5) is 4.39 Å². The molecule has 4 rings (SSSR count). The number of ether oxygens (including phenoxy) is 1. The highest BCUT2D eigenvalue weighted by Gasteiger charge is 2.44. The van der Waals surface area contributed by atoms with Crippen molar-refractivity contribution in [3.05, 3.63) is 47.8 Å². The molecule has 150 valence electrons. The minimum absolute atomic E-state index is 0.173. The molecule has 6 nitrogen and oxygen atoms in total. The first kappa shape index (κ1) is 19.1. The lowest BCUT2D eigenvalue weighted by molar-refractivity contribution is -0.149. The van der Waals surface area contributed by atoms with Crippen LogP contribution >= 0.6 is 0 Å². The predicted molar refractivity (Wildman–Crippen MR) is 102 cm³/mol. The van der Waals surface area contributed by atoms with Gasteiger partial charge < -0.3 is 14.2 Å². The molecule has 7 heteroatoms. The van der Waals surface area contributed by atoms with Gasteiger partial charge in [0.1, 0.15) is 18.0 Å². The number of amides is 1. The second kappa shape index (κ2) is 7.99. The topological polar surface area (TPSA) is 60.2 Å². The number of halogens is 1. The largest absolute Gasteiger partial charge is 0.381 e. The molecule has 2 aliphatic heterocycles. The summed E-state index contributed by atoms with van der Waals surface area (Å²) in [6.45, 7) is 2.57. The van der Waals surface area contributed by atoms with Crippen molar-refractivity contribution in [3.8, 4) is 0 Å². The molecule has 1 amide bonds. The second-order valence-corrected chi connectivity index (χ2v) is 8.09. The van der Waals surface area contributed by atoms with Crippen molar-refractivity contribution in [3.63, 3.8) is 0 Å². The molecule has 1 atom stereocenters. The van der Waals surface area contributed by atoms with Crippen molar-refractivity contribution in [2.45, 2.75) is 38.0 Å². The van der Waals surface area contributed by atoms with E-state index in [0.29, 0.717) is 39.0 Å². The van der Waals surface area contributed by atoms with E-state index in [4.69, 9.17) is 4.74 Å². The zero-order chi connectivity index (χ0) is 19.6. The van der Waals surface area contributed by atoms with Gasteiger partial charge in [0.2, 0.25) is 5.91 Å². The van der Waals surface area contributed by atoms with Crippen LogP contribution in [0.5, 0.6) is 0 Å². The third-order valence-corrected chi connectivity index (χ3v) is 6.16. The van der Waals surface area contributed by atoms with Crippen LogP contribution in [0, 0.1) is 11.2 Å². The molecular formula is C21H27FN4O2. The van der Waals surface area contributed by atoms with Crippen LogP contribution in [0.15, 0.2) is 30.6 Å². The van der Waals surface area contributed by atoms with Crippen molar-refractivity contribution < 1.29 is 13.9 Å². The molecule has 0 aliphatic carbocycles. The Hall–Kier alpha value is -2.28. The van der Waals surface area contributed by atoms with Crippen molar-refractivity contribution in [1.82, 2.24) is 19.7 Å². The molecule has 28 heavy (non-hydrogen) atoms. The Bertz CT molecular complexity index is 831. The number of benzene rings is 1. The van der Waals surface area contributed by atoms with Crippen molar-refractivity contribution in [2.75, 3.05) is 26.3 Å². The molecule has 0 radical (unpaired) electrons. The highest BCUT2D eigenvalue weighted by molar-refractivity contribution is 5.83. The fourth-order valence-corrected chi connectivity index (χ4v) is 4.64. The van der Waals surface area contributed by atoms with Crippen LogP contribution in [0.25, 0.3) is 0 Å². The van der Waals surface area contributed by atoms with Gasteiger partial charge in [-0.3, -0.25) is 4.79 Å². The fraction of sp³-hybridized carbons (Fsp3) is 0.571. The number of carbonyl (C=O) groups excluding carboxylic acids is 1. The number of nitrogens with zero attached hydrogens (tertiary/aromatic N) is 4. The first-order chi connectivity index (χ1) is 13.6. The van der Waals surface area contributed by atoms with E-state index in [1.165, 1.54) is 6.07 Å². The Balaban J connectivity index is 1.56. The average Bonchev–Trinajstić information content (AvgIpc) is 3.14. The summed E-state index contributed by atoms with van der Waals surface area (Å²) in [6, 6.07) is 6.61. The summed E-state index contributed by atoms with van der Waals surface area (Å²) < 4.78 is 21.2. The van der Waals surface area contributed by atoms with Gasteiger partial charge in [-0.05, 0) is 49.8 Å². The van der Waals surface area contributed by atoms with E-state index in [1.54, 1.807) is 18.5 Å². The minimum atomic E-state index is -0.520. The number of aryl methyl sites for hydroxylation is 1. The van der Waals surface area contributed by atoms with Crippen LogP contribution in [0.2, 0.25) is 0 Å². The van der Waals surface area contributed by atoms with Gasteiger partial charge >= 0.3 is 0 Å². The highest BCUT2D eigenvalue weighted by Crippen LogP contribution is 2.38. The quantitative estimate of drug-likeness (QED) is 0.811. The summed E-state index contributed by atoms with van der Waals surface area (Å²) in [7, 11) is 1.94. The van der Waals surface area contributed by atoms with Crippen LogP contribution in [-0.2, 0) is 23.0 Å². The zero-order valence-corrected chi connectivity index (χ0v) is 16.3. The minimum Gasteiger partial charge on any atom is -0.381 e. The van der Waals surface area contributed by atoms with Gasteiger partial charge in [0, 0.05) is 39.3 Å².